The average molecular weight is 321 g/mol. The lowest BCUT2D eigenvalue weighted by atomic mass is 10.1. The molecule has 0 aromatic carbocycles. The molecule has 1 fully saturated rings. The van der Waals surface area contributed by atoms with Gasteiger partial charge in [-0.3, -0.25) is 0 Å². The van der Waals surface area contributed by atoms with Gasteiger partial charge in [0.25, 0.3) is 0 Å². The third-order valence-corrected chi connectivity index (χ3v) is 4.09. The van der Waals surface area contributed by atoms with E-state index in [1.165, 1.54) is 51.4 Å². The maximum absolute atomic E-state index is 5.73. The standard InChI is InChI=1S/C21H36O2/c1-2-3-4-5-6-7-8-9-10-11-12-13-14-16-19-22-21-18-15-17-20-23-21/h5-6,21H,2-4,7-8,11-20H2,1H3/b6-5-. The van der Waals surface area contributed by atoms with Crippen LogP contribution in [0.5, 0.6) is 0 Å². The van der Waals surface area contributed by atoms with Crippen molar-refractivity contribution in [2.75, 3.05) is 13.2 Å². The number of hydrogen-bond acceptors (Lipinski definition) is 2. The summed E-state index contributed by atoms with van der Waals surface area (Å²) in [7, 11) is 0. The van der Waals surface area contributed by atoms with Crippen LogP contribution in [0.1, 0.15) is 90.4 Å². The molecule has 0 aliphatic carbocycles. The van der Waals surface area contributed by atoms with Crippen LogP contribution in [-0.4, -0.2) is 19.5 Å². The largest absolute Gasteiger partial charge is 0.353 e. The van der Waals surface area contributed by atoms with Crippen LogP contribution < -0.4 is 0 Å². The second kappa shape index (κ2) is 16.1. The molecule has 0 N–H and O–H groups in total. The van der Waals surface area contributed by atoms with Crippen LogP contribution in [0, 0.1) is 11.8 Å². The summed E-state index contributed by atoms with van der Waals surface area (Å²) in [5.41, 5.74) is 0. The molecule has 0 spiro atoms. The van der Waals surface area contributed by atoms with Crippen LogP contribution in [-0.2, 0) is 9.47 Å². The first-order chi connectivity index (χ1) is 11.4. The summed E-state index contributed by atoms with van der Waals surface area (Å²) in [5, 5.41) is 0. The van der Waals surface area contributed by atoms with Crippen molar-refractivity contribution in [3.63, 3.8) is 0 Å². The van der Waals surface area contributed by atoms with E-state index in [0.717, 1.165) is 45.3 Å². The zero-order valence-electron chi connectivity index (χ0n) is 15.2. The lowest BCUT2D eigenvalue weighted by molar-refractivity contribution is -0.162. The summed E-state index contributed by atoms with van der Waals surface area (Å²) in [4.78, 5) is 0. The first kappa shape index (κ1) is 20.3. The Labute approximate surface area is 144 Å². The van der Waals surface area contributed by atoms with Gasteiger partial charge in [-0.15, -0.1) is 11.8 Å². The van der Waals surface area contributed by atoms with Crippen LogP contribution in [0.2, 0.25) is 0 Å². The molecule has 0 radical (unpaired) electrons. The summed E-state index contributed by atoms with van der Waals surface area (Å²) >= 11 is 0. The minimum absolute atomic E-state index is 0.0747. The minimum atomic E-state index is 0.0747. The predicted octanol–water partition coefficient (Wildman–Crippen LogP) is 6.01. The molecule has 1 atom stereocenters. The quantitative estimate of drug-likeness (QED) is 0.249. The van der Waals surface area contributed by atoms with E-state index in [-0.39, 0.29) is 6.29 Å². The SMILES string of the molecule is CCCC/C=C\CCC#CCCCCCCOC1CCCCO1. The molecule has 1 rings (SSSR count). The van der Waals surface area contributed by atoms with Gasteiger partial charge in [0.2, 0.25) is 0 Å². The van der Waals surface area contributed by atoms with Gasteiger partial charge in [0.1, 0.15) is 0 Å². The van der Waals surface area contributed by atoms with E-state index >= 15 is 0 Å². The van der Waals surface area contributed by atoms with Gasteiger partial charge < -0.3 is 9.47 Å². The van der Waals surface area contributed by atoms with E-state index in [1.807, 2.05) is 0 Å². The smallest absolute Gasteiger partial charge is 0.157 e. The van der Waals surface area contributed by atoms with Gasteiger partial charge in [0.05, 0.1) is 0 Å². The lowest BCUT2D eigenvalue weighted by Gasteiger charge is -2.22. The molecule has 1 heterocycles. The molecule has 1 aliphatic rings. The fourth-order valence-electron chi connectivity index (χ4n) is 2.62. The number of allylic oxidation sites excluding steroid dienone is 2. The van der Waals surface area contributed by atoms with Crippen molar-refractivity contribution in [1.82, 2.24) is 0 Å². The summed E-state index contributed by atoms with van der Waals surface area (Å²) in [6.45, 7) is 3.95. The van der Waals surface area contributed by atoms with E-state index < -0.39 is 0 Å². The topological polar surface area (TPSA) is 18.5 Å². The molecular weight excluding hydrogens is 284 g/mol. The summed E-state index contributed by atoms with van der Waals surface area (Å²) in [6, 6.07) is 0. The molecule has 132 valence electrons. The molecule has 23 heavy (non-hydrogen) atoms. The van der Waals surface area contributed by atoms with E-state index in [1.54, 1.807) is 0 Å². The highest BCUT2D eigenvalue weighted by Gasteiger charge is 2.13. The maximum Gasteiger partial charge on any atom is 0.157 e. The van der Waals surface area contributed by atoms with Gasteiger partial charge in [0.15, 0.2) is 6.29 Å². The Hall–Kier alpha value is -0.780. The Morgan fingerprint density at radius 1 is 0.957 bits per heavy atom. The Balaban J connectivity index is 1.79. The van der Waals surface area contributed by atoms with Crippen LogP contribution in [0.25, 0.3) is 0 Å². The van der Waals surface area contributed by atoms with Crippen LogP contribution in [0.4, 0.5) is 0 Å². The average Bonchev–Trinajstić information content (AvgIpc) is 2.59. The molecule has 1 aliphatic heterocycles. The van der Waals surface area contributed by atoms with E-state index in [0.29, 0.717) is 0 Å². The van der Waals surface area contributed by atoms with Crippen LogP contribution >= 0.6 is 0 Å². The Morgan fingerprint density at radius 3 is 2.61 bits per heavy atom. The van der Waals surface area contributed by atoms with Gasteiger partial charge in [-0.05, 0) is 44.9 Å². The van der Waals surface area contributed by atoms with Gasteiger partial charge in [-0.1, -0.05) is 44.8 Å². The normalized spacial score (nSPS) is 18.0. The fraction of sp³-hybridized carbons (Fsp3) is 0.810. The highest BCUT2D eigenvalue weighted by Crippen LogP contribution is 2.14. The van der Waals surface area contributed by atoms with Crippen LogP contribution in [0.15, 0.2) is 12.2 Å². The zero-order valence-corrected chi connectivity index (χ0v) is 15.2. The molecule has 0 saturated carbocycles. The van der Waals surface area contributed by atoms with Crippen molar-refractivity contribution in [3.05, 3.63) is 12.2 Å². The number of ether oxygens (including phenoxy) is 2. The van der Waals surface area contributed by atoms with Crippen molar-refractivity contribution in [2.24, 2.45) is 0 Å². The molecule has 0 aromatic rings. The van der Waals surface area contributed by atoms with Gasteiger partial charge >= 0.3 is 0 Å². The molecular formula is C21H36O2. The van der Waals surface area contributed by atoms with Crippen LogP contribution in [0.3, 0.4) is 0 Å². The summed E-state index contributed by atoms with van der Waals surface area (Å²) in [5.74, 6) is 6.57. The first-order valence-electron chi connectivity index (χ1n) is 9.77. The van der Waals surface area contributed by atoms with Crippen molar-refractivity contribution in [3.8, 4) is 11.8 Å². The molecule has 0 bridgehead atoms. The van der Waals surface area contributed by atoms with E-state index in [9.17, 15) is 0 Å². The first-order valence-corrected chi connectivity index (χ1v) is 9.77. The zero-order chi connectivity index (χ0) is 16.4. The van der Waals surface area contributed by atoms with Crippen molar-refractivity contribution >= 4 is 0 Å². The highest BCUT2D eigenvalue weighted by atomic mass is 16.7. The summed E-state index contributed by atoms with van der Waals surface area (Å²) < 4.78 is 11.3. The molecule has 1 unspecified atom stereocenters. The summed E-state index contributed by atoms with van der Waals surface area (Å²) in [6.07, 6.45) is 20.0. The van der Waals surface area contributed by atoms with Crippen molar-refractivity contribution in [1.29, 1.82) is 0 Å². The van der Waals surface area contributed by atoms with E-state index in [4.69, 9.17) is 9.47 Å². The Kier molecular flexibility index (Phi) is 14.2. The number of unbranched alkanes of at least 4 members (excludes halogenated alkanes) is 7. The minimum Gasteiger partial charge on any atom is -0.353 e. The maximum atomic E-state index is 5.73. The molecule has 2 heteroatoms. The highest BCUT2D eigenvalue weighted by molar-refractivity contribution is 5.00. The Bertz CT molecular complexity index is 331. The van der Waals surface area contributed by atoms with Gasteiger partial charge in [-0.2, -0.15) is 0 Å². The number of rotatable bonds is 12. The third kappa shape index (κ3) is 13.4. The number of hydrogen-bond donors (Lipinski definition) is 0. The lowest BCUT2D eigenvalue weighted by Crippen LogP contribution is -2.22. The van der Waals surface area contributed by atoms with E-state index in [2.05, 4.69) is 30.9 Å². The monoisotopic (exact) mass is 320 g/mol. The molecule has 2 nitrogen and oxygen atoms in total. The Morgan fingerprint density at radius 2 is 1.78 bits per heavy atom. The molecule has 0 aromatic heterocycles. The van der Waals surface area contributed by atoms with Crippen molar-refractivity contribution < 1.29 is 9.47 Å². The fourth-order valence-corrected chi connectivity index (χ4v) is 2.62. The predicted molar refractivity (Wildman–Crippen MR) is 98.3 cm³/mol. The van der Waals surface area contributed by atoms with Gasteiger partial charge in [0, 0.05) is 26.1 Å². The molecule has 0 amide bonds. The van der Waals surface area contributed by atoms with Crippen molar-refractivity contribution in [2.45, 2.75) is 96.7 Å². The van der Waals surface area contributed by atoms with Gasteiger partial charge in [-0.25, -0.2) is 0 Å². The third-order valence-electron chi connectivity index (χ3n) is 4.09. The molecule has 1 saturated heterocycles. The second-order valence-electron chi connectivity index (χ2n) is 6.34. The second-order valence-corrected chi connectivity index (χ2v) is 6.34.